The number of benzene rings is 2. The maximum Gasteiger partial charge on any atom is 0.0776 e. The Morgan fingerprint density at radius 2 is 1.45 bits per heavy atom. The third-order valence-corrected chi connectivity index (χ3v) is 5.31. The second-order valence-corrected chi connectivity index (χ2v) is 6.67. The monoisotopic (exact) mass is 303 g/mol. The van der Waals surface area contributed by atoms with Crippen LogP contribution in [0.15, 0.2) is 90.0 Å². The van der Waals surface area contributed by atoms with Crippen LogP contribution in [0.4, 0.5) is 5.69 Å². The zero-order valence-corrected chi connectivity index (χ0v) is 13.0. The Bertz CT molecular complexity index is 744. The summed E-state index contributed by atoms with van der Waals surface area (Å²) in [6, 6.07) is 21.1. The van der Waals surface area contributed by atoms with Gasteiger partial charge in [-0.05, 0) is 23.3 Å². The minimum Gasteiger partial charge on any atom is -0.350 e. The molecule has 2 aromatic carbocycles. The summed E-state index contributed by atoms with van der Waals surface area (Å²) >= 11 is 1.92. The molecule has 2 heteroatoms. The smallest absolute Gasteiger partial charge is 0.0776 e. The Labute approximate surface area is 135 Å². The largest absolute Gasteiger partial charge is 0.350 e. The van der Waals surface area contributed by atoms with Crippen molar-refractivity contribution < 1.29 is 0 Å². The molecule has 2 aliphatic rings. The quantitative estimate of drug-likeness (QED) is 0.823. The van der Waals surface area contributed by atoms with Gasteiger partial charge < -0.3 is 5.32 Å². The molecular formula is C20H17NS. The molecule has 1 N–H and O–H groups in total. The van der Waals surface area contributed by atoms with E-state index in [1.807, 2.05) is 17.8 Å². The molecule has 0 saturated heterocycles. The van der Waals surface area contributed by atoms with E-state index in [2.05, 4.69) is 84.2 Å². The molecule has 1 aliphatic carbocycles. The number of para-hydroxylation sites is 1. The summed E-state index contributed by atoms with van der Waals surface area (Å²) in [4.78, 5) is 0. The summed E-state index contributed by atoms with van der Waals surface area (Å²) in [5.41, 5.74) is 3.85. The van der Waals surface area contributed by atoms with Gasteiger partial charge in [-0.15, -0.1) is 0 Å². The normalized spacial score (nSPS) is 22.7. The maximum atomic E-state index is 3.62. The average molecular weight is 303 g/mol. The molecule has 4 rings (SSSR count). The van der Waals surface area contributed by atoms with Crippen LogP contribution in [0.3, 0.4) is 0 Å². The van der Waals surface area contributed by atoms with Crippen LogP contribution in [0.1, 0.15) is 5.56 Å². The van der Waals surface area contributed by atoms with E-state index in [1.165, 1.54) is 16.2 Å². The van der Waals surface area contributed by atoms with Gasteiger partial charge in [-0.25, -0.2) is 0 Å². The van der Waals surface area contributed by atoms with E-state index < -0.39 is 0 Å². The molecule has 0 radical (unpaired) electrons. The Morgan fingerprint density at radius 3 is 2.23 bits per heavy atom. The first-order valence-corrected chi connectivity index (χ1v) is 8.43. The number of rotatable bonds is 3. The highest BCUT2D eigenvalue weighted by Gasteiger charge is 2.34. The van der Waals surface area contributed by atoms with Crippen molar-refractivity contribution in [3.05, 3.63) is 95.6 Å². The van der Waals surface area contributed by atoms with Crippen LogP contribution in [0.25, 0.3) is 5.57 Å². The minimum absolute atomic E-state index is 0.448. The highest BCUT2D eigenvalue weighted by atomic mass is 32.2. The predicted molar refractivity (Wildman–Crippen MR) is 96.6 cm³/mol. The number of nitrogens with one attached hydrogen (secondary N) is 1. The first kappa shape index (κ1) is 13.5. The summed E-state index contributed by atoms with van der Waals surface area (Å²) in [6.07, 6.45) is 8.94. The Hall–Kier alpha value is -2.19. The van der Waals surface area contributed by atoms with Gasteiger partial charge in [0.25, 0.3) is 0 Å². The number of fused-ring (bicyclic) bond motifs is 1. The standard InChI is InChI=1S/C20H17NS/c1-3-9-15(10-4-1)19-17-13-7-8-14-18(17)22-20(19)21-16-11-5-2-6-12-16/h1-14,17-18,21H. The number of thioether (sulfide) groups is 1. The van der Waals surface area contributed by atoms with Crippen LogP contribution in [-0.2, 0) is 0 Å². The van der Waals surface area contributed by atoms with Crippen LogP contribution in [0.5, 0.6) is 0 Å². The number of anilines is 1. The lowest BCUT2D eigenvalue weighted by Crippen LogP contribution is -2.11. The van der Waals surface area contributed by atoms with Gasteiger partial charge in [-0.2, -0.15) is 0 Å². The van der Waals surface area contributed by atoms with Crippen molar-refractivity contribution in [3.8, 4) is 0 Å². The number of allylic oxidation sites excluding steroid dienone is 4. The fourth-order valence-electron chi connectivity index (χ4n) is 3.00. The lowest BCUT2D eigenvalue weighted by molar-refractivity contribution is 0.875. The van der Waals surface area contributed by atoms with Gasteiger partial charge >= 0.3 is 0 Å². The molecule has 108 valence electrons. The van der Waals surface area contributed by atoms with Gasteiger partial charge in [0, 0.05) is 16.9 Å². The van der Waals surface area contributed by atoms with Crippen molar-refractivity contribution in [1.29, 1.82) is 0 Å². The number of hydrogen-bond donors (Lipinski definition) is 1. The lowest BCUT2D eigenvalue weighted by Gasteiger charge is -2.17. The van der Waals surface area contributed by atoms with Crippen LogP contribution < -0.4 is 5.32 Å². The Morgan fingerprint density at radius 1 is 0.773 bits per heavy atom. The van der Waals surface area contributed by atoms with Crippen LogP contribution in [0.2, 0.25) is 0 Å². The van der Waals surface area contributed by atoms with Gasteiger partial charge in [0.2, 0.25) is 0 Å². The van der Waals surface area contributed by atoms with E-state index in [0.717, 1.165) is 5.69 Å². The molecule has 1 heterocycles. The van der Waals surface area contributed by atoms with E-state index in [0.29, 0.717) is 11.2 Å². The summed E-state index contributed by atoms with van der Waals surface area (Å²) in [5.74, 6) is 0.448. The Kier molecular flexibility index (Phi) is 3.61. The molecule has 0 amide bonds. The van der Waals surface area contributed by atoms with Crippen LogP contribution in [-0.4, -0.2) is 5.25 Å². The fraction of sp³-hybridized carbons (Fsp3) is 0.100. The van der Waals surface area contributed by atoms with Crippen molar-refractivity contribution in [3.63, 3.8) is 0 Å². The summed E-state index contributed by atoms with van der Waals surface area (Å²) in [7, 11) is 0. The molecule has 2 atom stereocenters. The van der Waals surface area contributed by atoms with Crippen molar-refractivity contribution in [2.45, 2.75) is 5.25 Å². The van der Waals surface area contributed by atoms with Crippen molar-refractivity contribution in [2.24, 2.45) is 5.92 Å². The highest BCUT2D eigenvalue weighted by Crippen LogP contribution is 2.49. The van der Waals surface area contributed by atoms with Gasteiger partial charge in [0.15, 0.2) is 0 Å². The highest BCUT2D eigenvalue weighted by molar-refractivity contribution is 8.04. The third-order valence-electron chi connectivity index (χ3n) is 4.03. The van der Waals surface area contributed by atoms with E-state index >= 15 is 0 Å². The first-order valence-electron chi connectivity index (χ1n) is 7.55. The lowest BCUT2D eigenvalue weighted by atomic mass is 9.88. The molecule has 1 aliphatic heterocycles. The van der Waals surface area contributed by atoms with Crippen LogP contribution in [0, 0.1) is 5.92 Å². The average Bonchev–Trinajstić information content (AvgIpc) is 2.94. The molecule has 1 nitrogen and oxygen atoms in total. The maximum absolute atomic E-state index is 3.62. The summed E-state index contributed by atoms with van der Waals surface area (Å²) < 4.78 is 0. The van der Waals surface area contributed by atoms with Gasteiger partial charge in [0.05, 0.1) is 5.03 Å². The fourth-order valence-corrected chi connectivity index (χ4v) is 4.37. The minimum atomic E-state index is 0.448. The van der Waals surface area contributed by atoms with Gasteiger partial charge in [-0.3, -0.25) is 0 Å². The third kappa shape index (κ3) is 2.51. The molecule has 0 aromatic heterocycles. The zero-order valence-electron chi connectivity index (χ0n) is 12.1. The second-order valence-electron chi connectivity index (χ2n) is 5.48. The zero-order chi connectivity index (χ0) is 14.8. The number of hydrogen-bond acceptors (Lipinski definition) is 2. The van der Waals surface area contributed by atoms with E-state index in [-0.39, 0.29) is 0 Å². The molecule has 0 fully saturated rings. The van der Waals surface area contributed by atoms with Gasteiger partial charge in [0.1, 0.15) is 0 Å². The van der Waals surface area contributed by atoms with Crippen LogP contribution >= 0.6 is 11.8 Å². The van der Waals surface area contributed by atoms with E-state index in [1.54, 1.807) is 0 Å². The van der Waals surface area contributed by atoms with Crippen molar-refractivity contribution in [1.82, 2.24) is 0 Å². The molecule has 0 spiro atoms. The summed E-state index contributed by atoms with van der Waals surface area (Å²) in [6.45, 7) is 0. The summed E-state index contributed by atoms with van der Waals surface area (Å²) in [5, 5.41) is 5.38. The second kappa shape index (κ2) is 5.90. The molecule has 22 heavy (non-hydrogen) atoms. The van der Waals surface area contributed by atoms with E-state index in [4.69, 9.17) is 0 Å². The Balaban J connectivity index is 1.76. The molecule has 0 bridgehead atoms. The van der Waals surface area contributed by atoms with Crippen molar-refractivity contribution >= 4 is 23.0 Å². The molecule has 0 saturated carbocycles. The molecule has 2 aromatic rings. The SMILES string of the molecule is C1=CC2SC(Nc3ccccc3)=C(c3ccccc3)C2C=C1. The first-order chi connectivity index (χ1) is 10.9. The molecular weight excluding hydrogens is 286 g/mol. The molecule has 2 unspecified atom stereocenters. The van der Waals surface area contributed by atoms with Crippen molar-refractivity contribution in [2.75, 3.05) is 5.32 Å². The predicted octanol–water partition coefficient (Wildman–Crippen LogP) is 5.32. The van der Waals surface area contributed by atoms with Gasteiger partial charge in [-0.1, -0.05) is 84.6 Å². The topological polar surface area (TPSA) is 12.0 Å². The van der Waals surface area contributed by atoms with E-state index in [9.17, 15) is 0 Å².